The third kappa shape index (κ3) is 5.81. The van der Waals surface area contributed by atoms with Crippen LogP contribution in [0.5, 0.6) is 0 Å². The van der Waals surface area contributed by atoms with Crippen LogP contribution in [0, 0.1) is 0 Å². The fourth-order valence-electron chi connectivity index (χ4n) is 3.11. The van der Waals surface area contributed by atoms with Crippen LogP contribution in [0.15, 0.2) is 0 Å². The van der Waals surface area contributed by atoms with Crippen LogP contribution in [0.2, 0.25) is 6.04 Å². The summed E-state index contributed by atoms with van der Waals surface area (Å²) in [7, 11) is -2.21. The van der Waals surface area contributed by atoms with Crippen LogP contribution in [0.3, 0.4) is 0 Å². The summed E-state index contributed by atoms with van der Waals surface area (Å²) < 4.78 is 18.5. The molecule has 1 aliphatic heterocycles. The first-order valence-corrected chi connectivity index (χ1v) is 10.3. The molecule has 0 aliphatic carbocycles. The quantitative estimate of drug-likeness (QED) is 0.665. The molecule has 1 aliphatic rings. The van der Waals surface area contributed by atoms with E-state index in [0.29, 0.717) is 0 Å². The lowest BCUT2D eigenvalue weighted by molar-refractivity contribution is -0.114. The minimum Gasteiger partial charge on any atom is -0.393 e. The summed E-state index contributed by atoms with van der Waals surface area (Å²) in [5, 5.41) is -0.119. The molecule has 0 bridgehead atoms. The van der Waals surface area contributed by atoms with E-state index in [1.54, 1.807) is 0 Å². The second-order valence-electron chi connectivity index (χ2n) is 5.52. The first kappa shape index (κ1) is 20.8. The summed E-state index contributed by atoms with van der Waals surface area (Å²) in [6.45, 7) is 13.7. The molecule has 0 aromatic rings. The molecule has 126 valence electrons. The van der Waals surface area contributed by atoms with Crippen molar-refractivity contribution in [3.05, 3.63) is 0 Å². The SMILES string of the molecule is CC(C)=O.CCOC1(CC)CCCC[Si]1(OCC)OCC. The molecule has 0 saturated carbocycles. The third-order valence-corrected chi connectivity index (χ3v) is 8.44. The first-order valence-electron chi connectivity index (χ1n) is 8.32. The molecule has 1 fully saturated rings. The second kappa shape index (κ2) is 10.5. The molecule has 1 atom stereocenters. The summed E-state index contributed by atoms with van der Waals surface area (Å²) in [5.41, 5.74) is 0. The molecule has 0 aromatic carbocycles. The Kier molecular flexibility index (Phi) is 10.4. The summed E-state index contributed by atoms with van der Waals surface area (Å²) in [6.07, 6.45) is 4.57. The van der Waals surface area contributed by atoms with E-state index in [9.17, 15) is 4.79 Å². The average molecular weight is 319 g/mol. The topological polar surface area (TPSA) is 44.8 Å². The van der Waals surface area contributed by atoms with Crippen LogP contribution < -0.4 is 0 Å². The fraction of sp³-hybridized carbons (Fsp3) is 0.938. The molecule has 1 saturated heterocycles. The number of hydrogen-bond donors (Lipinski definition) is 0. The zero-order valence-corrected chi connectivity index (χ0v) is 15.8. The van der Waals surface area contributed by atoms with Gasteiger partial charge in [0.05, 0.1) is 0 Å². The van der Waals surface area contributed by atoms with E-state index in [1.807, 2.05) is 0 Å². The number of hydrogen-bond acceptors (Lipinski definition) is 4. The zero-order valence-electron chi connectivity index (χ0n) is 14.8. The Balaban J connectivity index is 0.000000885. The van der Waals surface area contributed by atoms with Crippen LogP contribution in [-0.2, 0) is 18.4 Å². The van der Waals surface area contributed by atoms with Gasteiger partial charge in [0.15, 0.2) is 0 Å². The van der Waals surface area contributed by atoms with Crippen LogP contribution in [-0.4, -0.2) is 39.4 Å². The van der Waals surface area contributed by atoms with E-state index >= 15 is 0 Å². The first-order chi connectivity index (χ1) is 9.93. The van der Waals surface area contributed by atoms with Gasteiger partial charge in [0.2, 0.25) is 0 Å². The Morgan fingerprint density at radius 2 is 1.52 bits per heavy atom. The molecule has 1 rings (SSSR count). The number of rotatable bonds is 7. The van der Waals surface area contributed by atoms with Gasteiger partial charge in [-0.3, -0.25) is 0 Å². The standard InChI is InChI=1S/C13H28O3Si.C3H6O/c1-5-13(14-6-2)11-9-10-12-17(13,15-7-3)16-8-4;1-3(2)4/h5-12H2,1-4H3;1-2H3. The molecule has 5 heteroatoms. The van der Waals surface area contributed by atoms with Crippen molar-refractivity contribution in [2.45, 2.75) is 78.5 Å². The lowest BCUT2D eigenvalue weighted by Gasteiger charge is -2.49. The van der Waals surface area contributed by atoms with E-state index in [-0.39, 0.29) is 11.0 Å². The van der Waals surface area contributed by atoms with Gasteiger partial charge < -0.3 is 18.4 Å². The molecular formula is C16H34O4Si. The molecule has 0 radical (unpaired) electrons. The Labute approximate surface area is 131 Å². The minimum atomic E-state index is -2.21. The van der Waals surface area contributed by atoms with Crippen molar-refractivity contribution in [3.63, 3.8) is 0 Å². The molecule has 4 nitrogen and oxygen atoms in total. The number of carbonyl (C=O) groups excluding carboxylic acids is 1. The predicted molar refractivity (Wildman–Crippen MR) is 88.7 cm³/mol. The van der Waals surface area contributed by atoms with Crippen molar-refractivity contribution in [2.75, 3.05) is 19.8 Å². The van der Waals surface area contributed by atoms with Crippen molar-refractivity contribution in [1.29, 1.82) is 0 Å². The van der Waals surface area contributed by atoms with Gasteiger partial charge >= 0.3 is 8.56 Å². The van der Waals surface area contributed by atoms with Crippen molar-refractivity contribution in [2.24, 2.45) is 0 Å². The summed E-state index contributed by atoms with van der Waals surface area (Å²) in [6, 6.07) is 1.09. The van der Waals surface area contributed by atoms with E-state index < -0.39 is 8.56 Å². The second-order valence-corrected chi connectivity index (χ2v) is 9.01. The van der Waals surface area contributed by atoms with Gasteiger partial charge in [-0.1, -0.05) is 19.8 Å². The molecule has 0 aromatic heterocycles. The van der Waals surface area contributed by atoms with Crippen LogP contribution >= 0.6 is 0 Å². The highest BCUT2D eigenvalue weighted by Gasteiger charge is 2.58. The number of ether oxygens (including phenoxy) is 1. The molecule has 21 heavy (non-hydrogen) atoms. The van der Waals surface area contributed by atoms with Crippen LogP contribution in [0.25, 0.3) is 0 Å². The zero-order chi connectivity index (χ0) is 16.4. The minimum absolute atomic E-state index is 0.119. The van der Waals surface area contributed by atoms with Gasteiger partial charge in [0.1, 0.15) is 11.0 Å². The monoisotopic (exact) mass is 318 g/mol. The van der Waals surface area contributed by atoms with E-state index in [1.165, 1.54) is 26.7 Å². The fourth-order valence-corrected chi connectivity index (χ4v) is 7.57. The highest BCUT2D eigenvalue weighted by Crippen LogP contribution is 2.42. The Hall–Kier alpha value is -0.233. The predicted octanol–water partition coefficient (Wildman–Crippen LogP) is 4.01. The van der Waals surface area contributed by atoms with E-state index in [4.69, 9.17) is 13.6 Å². The van der Waals surface area contributed by atoms with Gasteiger partial charge in [0.25, 0.3) is 0 Å². The van der Waals surface area contributed by atoms with Crippen molar-refractivity contribution in [1.82, 2.24) is 0 Å². The van der Waals surface area contributed by atoms with Gasteiger partial charge in [-0.05, 0) is 53.5 Å². The largest absolute Gasteiger partial charge is 0.393 e. The normalized spacial score (nSPS) is 24.1. The molecule has 0 spiro atoms. The lowest BCUT2D eigenvalue weighted by Crippen LogP contribution is -2.65. The maximum Gasteiger partial charge on any atom is 0.371 e. The summed E-state index contributed by atoms with van der Waals surface area (Å²) >= 11 is 0. The Morgan fingerprint density at radius 3 is 1.90 bits per heavy atom. The van der Waals surface area contributed by atoms with Gasteiger partial charge in [0, 0.05) is 19.8 Å². The van der Waals surface area contributed by atoms with Crippen LogP contribution in [0.1, 0.15) is 67.2 Å². The Bertz CT molecular complexity index is 276. The maximum absolute atomic E-state index is 9.44. The third-order valence-electron chi connectivity index (χ3n) is 3.78. The van der Waals surface area contributed by atoms with Crippen molar-refractivity contribution >= 4 is 14.3 Å². The number of carbonyl (C=O) groups is 1. The smallest absolute Gasteiger partial charge is 0.371 e. The van der Waals surface area contributed by atoms with E-state index in [0.717, 1.165) is 38.7 Å². The molecule has 0 amide bonds. The van der Waals surface area contributed by atoms with E-state index in [2.05, 4.69) is 27.7 Å². The number of Topliss-reactive ketones (excluding diaryl/α,β-unsaturated/α-hetero) is 1. The summed E-state index contributed by atoms with van der Waals surface area (Å²) in [4.78, 5) is 9.44. The Morgan fingerprint density at radius 1 is 1.00 bits per heavy atom. The molecular weight excluding hydrogens is 284 g/mol. The highest BCUT2D eigenvalue weighted by atomic mass is 28.4. The lowest BCUT2D eigenvalue weighted by atomic mass is 10.1. The van der Waals surface area contributed by atoms with Gasteiger partial charge in [-0.2, -0.15) is 0 Å². The molecule has 1 unspecified atom stereocenters. The highest BCUT2D eigenvalue weighted by molar-refractivity contribution is 6.70. The summed E-state index contributed by atoms with van der Waals surface area (Å²) in [5.74, 6) is 0.167. The van der Waals surface area contributed by atoms with Crippen molar-refractivity contribution in [3.8, 4) is 0 Å². The molecule has 0 N–H and O–H groups in total. The van der Waals surface area contributed by atoms with Crippen molar-refractivity contribution < 1.29 is 18.4 Å². The average Bonchev–Trinajstić information content (AvgIpc) is 2.42. The molecule has 1 heterocycles. The number of ketones is 1. The van der Waals surface area contributed by atoms with Gasteiger partial charge in [-0.25, -0.2) is 0 Å². The van der Waals surface area contributed by atoms with Gasteiger partial charge in [-0.15, -0.1) is 0 Å². The maximum atomic E-state index is 9.44. The van der Waals surface area contributed by atoms with Crippen LogP contribution in [0.4, 0.5) is 0 Å².